The number of carbonyl (C=O) groups is 3. The normalized spacial score (nSPS) is 20.5. The molecule has 2 aliphatic rings. The van der Waals surface area contributed by atoms with E-state index in [0.29, 0.717) is 0 Å². The first-order valence-electron chi connectivity index (χ1n) is 15.1. The Morgan fingerprint density at radius 1 is 0.600 bits per heavy atom. The average molecular weight is 598 g/mol. The van der Waals surface area contributed by atoms with Gasteiger partial charge in [0.15, 0.2) is 6.04 Å². The molecule has 0 bridgehead atoms. The molecule has 7 rings (SSSR count). The van der Waals surface area contributed by atoms with Crippen molar-refractivity contribution < 1.29 is 19.5 Å². The molecule has 2 heterocycles. The minimum atomic E-state index is -1.29. The van der Waals surface area contributed by atoms with Crippen molar-refractivity contribution in [3.8, 4) is 0 Å². The Labute approximate surface area is 262 Å². The van der Waals surface area contributed by atoms with E-state index in [-0.39, 0.29) is 31.1 Å². The number of nitrogens with zero attached hydrogens (tertiary/aromatic N) is 3. The molecule has 7 nitrogen and oxygen atoms in total. The second-order valence-corrected chi connectivity index (χ2v) is 11.4. The summed E-state index contributed by atoms with van der Waals surface area (Å²) >= 11 is 0. The zero-order valence-electron chi connectivity index (χ0n) is 25.0. The van der Waals surface area contributed by atoms with Crippen molar-refractivity contribution in [1.29, 1.82) is 0 Å². The Morgan fingerprint density at radius 3 is 1.44 bits per heavy atom. The summed E-state index contributed by atoms with van der Waals surface area (Å²) in [7, 11) is 0. The van der Waals surface area contributed by atoms with Crippen LogP contribution in [-0.2, 0) is 22.7 Å². The minimum Gasteiger partial charge on any atom is -0.480 e. The van der Waals surface area contributed by atoms with Crippen LogP contribution in [0, 0.1) is 0 Å². The molecule has 5 aromatic rings. The zero-order chi connectivity index (χ0) is 31.3. The first kappa shape index (κ1) is 29.6. The second kappa shape index (κ2) is 13.1. The van der Waals surface area contributed by atoms with Gasteiger partial charge in [0.2, 0.25) is 5.91 Å². The number of carboxylic acids is 1. The fraction of sp³-hybridized carbons (Fsp3) is 0.184. The number of fused-ring (bicyclic) bond motifs is 1. The molecule has 1 N–H and O–H groups in total. The number of rotatable bonds is 7. The predicted molar refractivity (Wildman–Crippen MR) is 174 cm³/mol. The average Bonchev–Trinajstić information content (AvgIpc) is 3.68. The predicted octanol–water partition coefficient (Wildman–Crippen LogP) is 6.76. The van der Waals surface area contributed by atoms with E-state index in [1.165, 1.54) is 20.6 Å². The molecule has 4 atom stereocenters. The van der Waals surface area contributed by atoms with Gasteiger partial charge >= 0.3 is 12.0 Å². The van der Waals surface area contributed by atoms with Crippen LogP contribution >= 0.6 is 0 Å². The molecule has 5 aromatic carbocycles. The molecule has 0 aromatic heterocycles. The van der Waals surface area contributed by atoms with E-state index in [0.717, 1.165) is 16.7 Å². The van der Waals surface area contributed by atoms with Crippen LogP contribution in [-0.4, -0.2) is 55.8 Å². The maximum atomic E-state index is 13.9. The molecule has 0 radical (unpaired) electrons. The largest absolute Gasteiger partial charge is 0.480 e. The number of hydrogen-bond donors (Lipinski definition) is 1. The Bertz CT molecular complexity index is 1720. The zero-order valence-corrected chi connectivity index (χ0v) is 25.0. The highest BCUT2D eigenvalue weighted by Crippen LogP contribution is 2.45. The molecule has 226 valence electrons. The number of urea groups is 1. The van der Waals surface area contributed by atoms with Gasteiger partial charge in [0.05, 0.1) is 12.1 Å². The SMILES string of the molecule is CC1C(c2ccccc2)N1C(=O)C1C(C(=O)O)N(Cc2ccccc2)C(=O)N1Cc1ccccc1.c1ccc2ccccc2c1. The lowest BCUT2D eigenvalue weighted by Gasteiger charge is -2.25. The van der Waals surface area contributed by atoms with E-state index in [1.807, 2.05) is 97.9 Å². The molecule has 0 spiro atoms. The summed E-state index contributed by atoms with van der Waals surface area (Å²) < 4.78 is 0. The molecule has 3 amide bonds. The minimum absolute atomic E-state index is 0.0730. The highest BCUT2D eigenvalue weighted by atomic mass is 16.4. The topological polar surface area (TPSA) is 80.9 Å². The summed E-state index contributed by atoms with van der Waals surface area (Å²) in [6.07, 6.45) is 0. The smallest absolute Gasteiger partial charge is 0.329 e. The number of hydrogen-bond acceptors (Lipinski definition) is 3. The van der Waals surface area contributed by atoms with Gasteiger partial charge in [-0.1, -0.05) is 140 Å². The van der Waals surface area contributed by atoms with E-state index in [4.69, 9.17) is 0 Å². The van der Waals surface area contributed by atoms with Gasteiger partial charge in [0.25, 0.3) is 0 Å². The van der Waals surface area contributed by atoms with Gasteiger partial charge in [-0.3, -0.25) is 4.79 Å². The third kappa shape index (κ3) is 6.29. The fourth-order valence-electron chi connectivity index (χ4n) is 6.23. The van der Waals surface area contributed by atoms with Crippen LogP contribution in [0.1, 0.15) is 29.7 Å². The summed E-state index contributed by atoms with van der Waals surface area (Å²) in [4.78, 5) is 44.5. The lowest BCUT2D eigenvalue weighted by molar-refractivity contribution is -0.146. The molecule has 45 heavy (non-hydrogen) atoms. The molecular formula is C38H35N3O4. The third-order valence-corrected chi connectivity index (χ3v) is 8.52. The van der Waals surface area contributed by atoms with Gasteiger partial charge in [0, 0.05) is 13.1 Å². The van der Waals surface area contributed by atoms with Gasteiger partial charge in [-0.15, -0.1) is 0 Å². The summed E-state index contributed by atoms with van der Waals surface area (Å²) in [5.41, 5.74) is 2.64. The first-order chi connectivity index (χ1) is 21.9. The van der Waals surface area contributed by atoms with Crippen LogP contribution in [0.4, 0.5) is 4.79 Å². The van der Waals surface area contributed by atoms with Crippen molar-refractivity contribution in [2.24, 2.45) is 0 Å². The molecule has 7 heteroatoms. The highest BCUT2D eigenvalue weighted by molar-refractivity contribution is 5.99. The lowest BCUT2D eigenvalue weighted by Crippen LogP contribution is -2.50. The number of carbonyl (C=O) groups excluding carboxylic acids is 2. The number of amides is 3. The van der Waals surface area contributed by atoms with Crippen molar-refractivity contribution in [2.75, 3.05) is 0 Å². The Morgan fingerprint density at radius 2 is 1.00 bits per heavy atom. The third-order valence-electron chi connectivity index (χ3n) is 8.52. The second-order valence-electron chi connectivity index (χ2n) is 11.4. The van der Waals surface area contributed by atoms with Crippen LogP contribution in [0.5, 0.6) is 0 Å². The van der Waals surface area contributed by atoms with Gasteiger partial charge in [-0.25, -0.2) is 9.59 Å². The fourth-order valence-corrected chi connectivity index (χ4v) is 6.23. The van der Waals surface area contributed by atoms with E-state index in [2.05, 4.69) is 48.5 Å². The van der Waals surface area contributed by atoms with Crippen molar-refractivity contribution in [1.82, 2.24) is 14.7 Å². The lowest BCUT2D eigenvalue weighted by atomic mass is 10.1. The highest BCUT2D eigenvalue weighted by Gasteiger charge is 2.59. The van der Waals surface area contributed by atoms with Crippen molar-refractivity contribution in [3.05, 3.63) is 156 Å². The number of benzene rings is 5. The summed E-state index contributed by atoms with van der Waals surface area (Å²) in [5.74, 6) is -1.52. The Balaban J connectivity index is 0.000000301. The summed E-state index contributed by atoms with van der Waals surface area (Å²) in [6, 6.07) is 41.9. The molecule has 2 saturated heterocycles. The standard InChI is InChI=1S/C28H27N3O4.C10H8/c1-19-23(22-15-9-4-10-16-22)31(19)26(32)24-25(27(33)34)30(18-21-13-7-3-8-14-21)28(35)29(24)17-20-11-5-2-6-12-20;1-2-6-10-8-4-3-7-9(10)5-1/h2-16,19,23-25H,17-18H2,1H3,(H,33,34);1-8H. The molecule has 2 fully saturated rings. The monoisotopic (exact) mass is 597 g/mol. The Kier molecular flexibility index (Phi) is 8.60. The maximum absolute atomic E-state index is 13.9. The molecule has 0 aliphatic carbocycles. The van der Waals surface area contributed by atoms with Gasteiger partial charge in [-0.2, -0.15) is 0 Å². The van der Waals surface area contributed by atoms with Crippen molar-refractivity contribution >= 4 is 28.7 Å². The number of aliphatic carboxylic acids is 1. The van der Waals surface area contributed by atoms with Gasteiger partial charge < -0.3 is 19.8 Å². The number of carboxylic acid groups (broad SMARTS) is 1. The molecule has 2 aliphatic heterocycles. The first-order valence-corrected chi connectivity index (χ1v) is 15.1. The van der Waals surface area contributed by atoms with Crippen LogP contribution in [0.3, 0.4) is 0 Å². The van der Waals surface area contributed by atoms with Crippen LogP contribution in [0.2, 0.25) is 0 Å². The van der Waals surface area contributed by atoms with E-state index in [9.17, 15) is 19.5 Å². The summed E-state index contributed by atoms with van der Waals surface area (Å²) in [6.45, 7) is 2.22. The maximum Gasteiger partial charge on any atom is 0.329 e. The van der Waals surface area contributed by atoms with Gasteiger partial charge in [-0.05, 0) is 34.4 Å². The molecular weight excluding hydrogens is 562 g/mol. The van der Waals surface area contributed by atoms with Crippen LogP contribution < -0.4 is 0 Å². The Hall–Kier alpha value is -5.43. The quantitative estimate of drug-likeness (QED) is 0.210. The van der Waals surface area contributed by atoms with Crippen molar-refractivity contribution in [2.45, 2.75) is 44.2 Å². The van der Waals surface area contributed by atoms with E-state index < -0.39 is 24.1 Å². The van der Waals surface area contributed by atoms with E-state index >= 15 is 0 Å². The van der Waals surface area contributed by atoms with E-state index in [1.54, 1.807) is 4.90 Å². The van der Waals surface area contributed by atoms with Crippen LogP contribution in [0.25, 0.3) is 10.8 Å². The van der Waals surface area contributed by atoms with Crippen LogP contribution in [0.15, 0.2) is 140 Å². The van der Waals surface area contributed by atoms with Gasteiger partial charge in [0.1, 0.15) is 6.04 Å². The molecule has 0 saturated carbocycles. The molecule has 4 unspecified atom stereocenters. The van der Waals surface area contributed by atoms with Crippen molar-refractivity contribution in [3.63, 3.8) is 0 Å². The summed E-state index contributed by atoms with van der Waals surface area (Å²) in [5, 5.41) is 12.9.